The lowest BCUT2D eigenvalue weighted by Gasteiger charge is -2.31. The van der Waals surface area contributed by atoms with Crippen LogP contribution in [0, 0.1) is 5.82 Å². The van der Waals surface area contributed by atoms with Gasteiger partial charge >= 0.3 is 0 Å². The molecule has 0 saturated carbocycles. The average Bonchev–Trinajstić information content (AvgIpc) is 2.87. The molecule has 0 radical (unpaired) electrons. The third-order valence-corrected chi connectivity index (χ3v) is 7.46. The first kappa shape index (κ1) is 30.3. The van der Waals surface area contributed by atoms with E-state index in [0.717, 1.165) is 31.1 Å². The molecule has 0 heterocycles. The van der Waals surface area contributed by atoms with E-state index in [1.54, 1.807) is 24.3 Å². The molecule has 2 rings (SSSR count). The van der Waals surface area contributed by atoms with Crippen LogP contribution in [0.25, 0.3) is 0 Å². The zero-order valence-corrected chi connectivity index (χ0v) is 23.2. The maximum absolute atomic E-state index is 13.4. The molecule has 0 aliphatic heterocycles. The molecular formula is C28H40FN3O4S. The van der Waals surface area contributed by atoms with Gasteiger partial charge in [-0.2, -0.15) is 0 Å². The lowest BCUT2D eigenvalue weighted by Crippen LogP contribution is -2.49. The first-order valence-corrected chi connectivity index (χ1v) is 14.8. The highest BCUT2D eigenvalue weighted by Gasteiger charge is 2.28. The van der Waals surface area contributed by atoms with Crippen LogP contribution in [0.15, 0.2) is 48.5 Å². The molecule has 0 spiro atoms. The Balaban J connectivity index is 2.18. The van der Waals surface area contributed by atoms with Crippen LogP contribution >= 0.6 is 0 Å². The topological polar surface area (TPSA) is 86.8 Å². The van der Waals surface area contributed by atoms with Crippen LogP contribution < -0.4 is 9.62 Å². The number of rotatable bonds is 15. The molecule has 0 saturated heterocycles. The van der Waals surface area contributed by atoms with E-state index in [4.69, 9.17) is 0 Å². The molecule has 204 valence electrons. The van der Waals surface area contributed by atoms with Gasteiger partial charge in [0.15, 0.2) is 0 Å². The Hall–Kier alpha value is -2.94. The largest absolute Gasteiger partial charge is 0.354 e. The number of unbranched alkanes of at least 4 members (excludes halogenated alkanes) is 1. The first-order chi connectivity index (χ1) is 17.6. The van der Waals surface area contributed by atoms with E-state index in [0.29, 0.717) is 24.2 Å². The highest BCUT2D eigenvalue weighted by Crippen LogP contribution is 2.20. The number of aryl methyl sites for hydroxylation is 1. The Labute approximate surface area is 221 Å². The average molecular weight is 534 g/mol. The summed E-state index contributed by atoms with van der Waals surface area (Å²) in [6.07, 6.45) is 4.56. The molecular weight excluding hydrogens is 493 g/mol. The Morgan fingerprint density at radius 2 is 1.57 bits per heavy atom. The smallest absolute Gasteiger partial charge is 0.242 e. The third kappa shape index (κ3) is 9.46. The monoisotopic (exact) mass is 533 g/mol. The molecule has 0 aliphatic rings. The summed E-state index contributed by atoms with van der Waals surface area (Å²) < 4.78 is 39.7. The van der Waals surface area contributed by atoms with Crippen LogP contribution in [-0.4, -0.2) is 50.5 Å². The molecule has 0 fully saturated rings. The number of hydrogen-bond acceptors (Lipinski definition) is 4. The minimum atomic E-state index is -3.55. The van der Waals surface area contributed by atoms with Crippen LogP contribution in [0.2, 0.25) is 0 Å². The van der Waals surface area contributed by atoms with Gasteiger partial charge in [-0.1, -0.05) is 51.5 Å². The second kappa shape index (κ2) is 14.7. The summed E-state index contributed by atoms with van der Waals surface area (Å²) in [4.78, 5) is 27.9. The number of benzene rings is 2. The molecule has 0 aromatic heterocycles. The van der Waals surface area contributed by atoms with Gasteiger partial charge in [-0.15, -0.1) is 0 Å². The number of anilines is 1. The van der Waals surface area contributed by atoms with E-state index < -0.39 is 16.1 Å². The van der Waals surface area contributed by atoms with Crippen molar-refractivity contribution >= 4 is 27.5 Å². The lowest BCUT2D eigenvalue weighted by molar-refractivity contribution is -0.141. The van der Waals surface area contributed by atoms with Gasteiger partial charge in [-0.25, -0.2) is 12.8 Å². The highest BCUT2D eigenvalue weighted by molar-refractivity contribution is 7.92. The maximum atomic E-state index is 13.4. The van der Waals surface area contributed by atoms with Crippen molar-refractivity contribution in [3.05, 3.63) is 65.5 Å². The van der Waals surface area contributed by atoms with Gasteiger partial charge in [0.05, 0.1) is 11.9 Å². The van der Waals surface area contributed by atoms with E-state index in [-0.39, 0.29) is 43.6 Å². The summed E-state index contributed by atoms with van der Waals surface area (Å²) in [6.45, 7) is 6.74. The van der Waals surface area contributed by atoms with E-state index in [2.05, 4.69) is 5.32 Å². The second-order valence-corrected chi connectivity index (χ2v) is 11.1. The first-order valence-electron chi connectivity index (χ1n) is 13.0. The van der Waals surface area contributed by atoms with E-state index in [9.17, 15) is 22.4 Å². The van der Waals surface area contributed by atoms with Gasteiger partial charge in [0.2, 0.25) is 21.8 Å². The van der Waals surface area contributed by atoms with Crippen molar-refractivity contribution in [2.75, 3.05) is 23.7 Å². The number of halogens is 1. The molecule has 0 unspecified atom stereocenters. The fourth-order valence-corrected chi connectivity index (χ4v) is 5.08. The lowest BCUT2D eigenvalue weighted by atomic mass is 10.1. The number of nitrogens with zero attached hydrogens (tertiary/aromatic N) is 2. The zero-order valence-electron chi connectivity index (χ0n) is 22.4. The van der Waals surface area contributed by atoms with Crippen LogP contribution in [0.1, 0.15) is 64.0 Å². The van der Waals surface area contributed by atoms with Crippen molar-refractivity contribution in [3.8, 4) is 0 Å². The minimum absolute atomic E-state index is 0.0685. The molecule has 2 amide bonds. The molecule has 2 aromatic rings. The van der Waals surface area contributed by atoms with Gasteiger partial charge < -0.3 is 10.2 Å². The van der Waals surface area contributed by atoms with Crippen LogP contribution in [0.4, 0.5) is 10.1 Å². The summed E-state index contributed by atoms with van der Waals surface area (Å²) in [5.41, 5.74) is 2.37. The maximum Gasteiger partial charge on any atom is 0.242 e. The highest BCUT2D eigenvalue weighted by atomic mass is 32.2. The van der Waals surface area contributed by atoms with Crippen molar-refractivity contribution in [2.45, 2.75) is 71.9 Å². The van der Waals surface area contributed by atoms with Crippen LogP contribution in [0.5, 0.6) is 0 Å². The van der Waals surface area contributed by atoms with Gasteiger partial charge in [0.25, 0.3) is 0 Å². The summed E-state index contributed by atoms with van der Waals surface area (Å²) in [5, 5.41) is 2.91. The van der Waals surface area contributed by atoms with E-state index in [1.165, 1.54) is 21.3 Å². The van der Waals surface area contributed by atoms with Crippen molar-refractivity contribution in [2.24, 2.45) is 0 Å². The fourth-order valence-electron chi connectivity index (χ4n) is 4.11. The predicted molar refractivity (Wildman–Crippen MR) is 146 cm³/mol. The van der Waals surface area contributed by atoms with E-state index >= 15 is 0 Å². The molecule has 0 aliphatic carbocycles. The molecule has 1 atom stereocenters. The van der Waals surface area contributed by atoms with Crippen LogP contribution in [-0.2, 0) is 32.6 Å². The SMILES string of the molecule is CCCCNC(=O)[C@@H](CC)N(Cc1ccc(F)cc1)C(=O)CCCN(c1ccc(CC)cc1)S(C)(=O)=O. The number of hydrogen-bond donors (Lipinski definition) is 1. The Kier molecular flexibility index (Phi) is 12.0. The number of carbonyl (C=O) groups excluding carboxylic acids is 2. The quantitative estimate of drug-likeness (QED) is 0.338. The third-order valence-electron chi connectivity index (χ3n) is 6.27. The van der Waals surface area contributed by atoms with E-state index in [1.807, 2.05) is 32.9 Å². The second-order valence-electron chi connectivity index (χ2n) is 9.18. The summed E-state index contributed by atoms with van der Waals surface area (Å²) in [6, 6.07) is 12.5. The summed E-state index contributed by atoms with van der Waals surface area (Å²) in [7, 11) is -3.55. The van der Waals surface area contributed by atoms with Gasteiger partial charge in [0.1, 0.15) is 11.9 Å². The van der Waals surface area contributed by atoms with Crippen molar-refractivity contribution in [3.63, 3.8) is 0 Å². The normalized spacial score (nSPS) is 12.1. The Morgan fingerprint density at radius 1 is 0.946 bits per heavy atom. The minimum Gasteiger partial charge on any atom is -0.354 e. The molecule has 9 heteroatoms. The fraction of sp³-hybridized carbons (Fsp3) is 0.500. The zero-order chi connectivity index (χ0) is 27.4. The van der Waals surface area contributed by atoms with Crippen molar-refractivity contribution < 1.29 is 22.4 Å². The van der Waals surface area contributed by atoms with Crippen LogP contribution in [0.3, 0.4) is 0 Å². The van der Waals surface area contributed by atoms with Gasteiger partial charge in [-0.3, -0.25) is 13.9 Å². The molecule has 37 heavy (non-hydrogen) atoms. The molecule has 7 nitrogen and oxygen atoms in total. The predicted octanol–water partition coefficient (Wildman–Crippen LogP) is 4.66. The Bertz CT molecular complexity index is 1110. The number of nitrogens with one attached hydrogen (secondary N) is 1. The number of carbonyl (C=O) groups is 2. The molecule has 1 N–H and O–H groups in total. The Morgan fingerprint density at radius 3 is 2.11 bits per heavy atom. The summed E-state index contributed by atoms with van der Waals surface area (Å²) in [5.74, 6) is -0.851. The van der Waals surface area contributed by atoms with Gasteiger partial charge in [-0.05, 0) is 61.1 Å². The molecule has 0 bridgehead atoms. The number of sulfonamides is 1. The van der Waals surface area contributed by atoms with Crippen molar-refractivity contribution in [1.29, 1.82) is 0 Å². The van der Waals surface area contributed by atoms with Gasteiger partial charge in [0, 0.05) is 26.1 Å². The number of amides is 2. The standard InChI is InChI=1S/C28H40FN3O4S/c1-5-8-19-30-28(34)26(7-3)31(21-23-11-15-24(29)16-12-23)27(33)10-9-20-32(37(4,35)36)25-17-13-22(6-2)14-18-25/h11-18,26H,5-10,19-21H2,1-4H3,(H,30,34)/t26-/m1/s1. The summed E-state index contributed by atoms with van der Waals surface area (Å²) >= 11 is 0. The van der Waals surface area contributed by atoms with Crippen molar-refractivity contribution in [1.82, 2.24) is 10.2 Å². The molecule has 2 aromatic carbocycles.